The molecule has 0 saturated carbocycles. The van der Waals surface area contributed by atoms with Gasteiger partial charge < -0.3 is 19.7 Å². The first kappa shape index (κ1) is 24.5. The highest BCUT2D eigenvalue weighted by atomic mass is 32.2. The highest BCUT2D eigenvalue weighted by molar-refractivity contribution is 7.89. The number of rotatable bonds is 9. The summed E-state index contributed by atoms with van der Waals surface area (Å²) in [5.41, 5.74) is 2.57. The molecule has 1 amide bonds. The Balaban J connectivity index is 1.43. The molecule has 0 aromatic heterocycles. The Morgan fingerprint density at radius 1 is 1.03 bits per heavy atom. The van der Waals surface area contributed by atoms with Crippen molar-refractivity contribution in [2.45, 2.75) is 37.5 Å². The zero-order valence-electron chi connectivity index (χ0n) is 19.7. The largest absolute Gasteiger partial charge is 0.494 e. The van der Waals surface area contributed by atoms with E-state index in [1.807, 2.05) is 37.3 Å². The molecule has 0 spiro atoms. The third kappa shape index (κ3) is 6.08. The van der Waals surface area contributed by atoms with Crippen LogP contribution >= 0.6 is 0 Å². The number of ether oxygens (including phenoxy) is 2. The summed E-state index contributed by atoms with van der Waals surface area (Å²) in [7, 11) is -3.65. The molecule has 2 aromatic rings. The van der Waals surface area contributed by atoms with Crippen LogP contribution in [0, 0.1) is 6.92 Å². The standard InChI is InChI=1S/C25H33N3O5S/c1-20-6-8-21(9-7-20)33-16-4-5-25(29)26-23-19-22(10-11-24(23)27-12-2-3-13-27)34(30,31)28-14-17-32-18-15-28/h6-11,19H,2-5,12-18H2,1H3,(H,26,29). The number of sulfonamides is 1. The minimum atomic E-state index is -3.65. The molecule has 0 atom stereocenters. The van der Waals surface area contributed by atoms with E-state index in [9.17, 15) is 13.2 Å². The van der Waals surface area contributed by atoms with E-state index in [2.05, 4.69) is 10.2 Å². The minimum absolute atomic E-state index is 0.158. The maximum atomic E-state index is 13.2. The van der Waals surface area contributed by atoms with Crippen LogP contribution in [0.4, 0.5) is 11.4 Å². The van der Waals surface area contributed by atoms with Crippen molar-refractivity contribution in [3.05, 3.63) is 48.0 Å². The van der Waals surface area contributed by atoms with Gasteiger partial charge in [0.15, 0.2) is 0 Å². The smallest absolute Gasteiger partial charge is 0.243 e. The number of carbonyl (C=O) groups is 1. The summed E-state index contributed by atoms with van der Waals surface area (Å²) >= 11 is 0. The number of aryl methyl sites for hydroxylation is 1. The van der Waals surface area contributed by atoms with Gasteiger partial charge in [-0.1, -0.05) is 17.7 Å². The van der Waals surface area contributed by atoms with Gasteiger partial charge in [0.25, 0.3) is 0 Å². The fourth-order valence-electron chi connectivity index (χ4n) is 4.22. The maximum Gasteiger partial charge on any atom is 0.243 e. The van der Waals surface area contributed by atoms with Gasteiger partial charge >= 0.3 is 0 Å². The van der Waals surface area contributed by atoms with E-state index in [0.29, 0.717) is 45.0 Å². The molecule has 2 aliphatic heterocycles. The molecule has 0 aliphatic carbocycles. The summed E-state index contributed by atoms with van der Waals surface area (Å²) in [5, 5.41) is 2.97. The molecule has 34 heavy (non-hydrogen) atoms. The lowest BCUT2D eigenvalue weighted by molar-refractivity contribution is -0.116. The Bertz CT molecular complexity index is 1080. The Labute approximate surface area is 201 Å². The zero-order valence-corrected chi connectivity index (χ0v) is 20.5. The molecule has 184 valence electrons. The topological polar surface area (TPSA) is 88.2 Å². The molecule has 1 N–H and O–H groups in total. The van der Waals surface area contributed by atoms with Crippen molar-refractivity contribution in [3.8, 4) is 5.75 Å². The SMILES string of the molecule is Cc1ccc(OCCCC(=O)Nc2cc(S(=O)(=O)N3CCOCC3)ccc2N2CCCC2)cc1. The van der Waals surface area contributed by atoms with Crippen molar-refractivity contribution in [1.82, 2.24) is 4.31 Å². The lowest BCUT2D eigenvalue weighted by atomic mass is 10.2. The van der Waals surface area contributed by atoms with Gasteiger partial charge in [-0.05, 0) is 56.5 Å². The van der Waals surface area contributed by atoms with Crippen molar-refractivity contribution >= 4 is 27.3 Å². The zero-order chi connectivity index (χ0) is 24.0. The van der Waals surface area contributed by atoms with Crippen LogP contribution in [0.1, 0.15) is 31.2 Å². The van der Waals surface area contributed by atoms with Gasteiger partial charge in [0.05, 0.1) is 36.1 Å². The van der Waals surface area contributed by atoms with Crippen molar-refractivity contribution in [2.24, 2.45) is 0 Å². The Morgan fingerprint density at radius 2 is 1.74 bits per heavy atom. The van der Waals surface area contributed by atoms with Crippen LogP contribution < -0.4 is 15.0 Å². The molecule has 2 aromatic carbocycles. The Kier molecular flexibility index (Phi) is 8.07. The van der Waals surface area contributed by atoms with Crippen LogP contribution in [0.3, 0.4) is 0 Å². The molecular formula is C25H33N3O5S. The summed E-state index contributed by atoms with van der Waals surface area (Å²) in [5.74, 6) is 0.622. The minimum Gasteiger partial charge on any atom is -0.494 e. The van der Waals surface area contributed by atoms with E-state index in [1.54, 1.807) is 12.1 Å². The second-order valence-electron chi connectivity index (χ2n) is 8.70. The van der Waals surface area contributed by atoms with Gasteiger partial charge in [-0.15, -0.1) is 0 Å². The summed E-state index contributed by atoms with van der Waals surface area (Å²) in [6.07, 6.45) is 3.01. The van der Waals surface area contributed by atoms with E-state index in [-0.39, 0.29) is 17.2 Å². The van der Waals surface area contributed by atoms with E-state index < -0.39 is 10.0 Å². The average molecular weight is 488 g/mol. The quantitative estimate of drug-likeness (QED) is 0.546. The number of anilines is 2. The Morgan fingerprint density at radius 3 is 2.44 bits per heavy atom. The fraction of sp³-hybridized carbons (Fsp3) is 0.480. The molecule has 4 rings (SSSR count). The van der Waals surface area contributed by atoms with Gasteiger partial charge in [0.2, 0.25) is 15.9 Å². The van der Waals surface area contributed by atoms with Crippen LogP contribution in [-0.4, -0.2) is 64.6 Å². The van der Waals surface area contributed by atoms with Gasteiger partial charge in [0.1, 0.15) is 5.75 Å². The molecule has 9 heteroatoms. The summed E-state index contributed by atoms with van der Waals surface area (Å²) in [6, 6.07) is 12.9. The Hall–Kier alpha value is -2.62. The van der Waals surface area contributed by atoms with Crippen molar-refractivity contribution in [3.63, 3.8) is 0 Å². The van der Waals surface area contributed by atoms with E-state index in [1.165, 1.54) is 9.87 Å². The normalized spacial score (nSPS) is 17.0. The van der Waals surface area contributed by atoms with E-state index >= 15 is 0 Å². The predicted octanol–water partition coefficient (Wildman–Crippen LogP) is 3.41. The molecule has 2 saturated heterocycles. The number of benzene rings is 2. The molecule has 8 nitrogen and oxygen atoms in total. The van der Waals surface area contributed by atoms with Crippen molar-refractivity contribution in [1.29, 1.82) is 0 Å². The molecule has 2 heterocycles. The molecule has 2 fully saturated rings. The molecule has 0 radical (unpaired) electrons. The lowest BCUT2D eigenvalue weighted by Crippen LogP contribution is -2.40. The van der Waals surface area contributed by atoms with Gasteiger partial charge in [0, 0.05) is 32.6 Å². The average Bonchev–Trinajstić information content (AvgIpc) is 3.38. The van der Waals surface area contributed by atoms with Crippen LogP contribution in [0.2, 0.25) is 0 Å². The third-order valence-electron chi connectivity index (χ3n) is 6.13. The van der Waals surface area contributed by atoms with Crippen LogP contribution in [0.25, 0.3) is 0 Å². The summed E-state index contributed by atoms with van der Waals surface area (Å²) < 4.78 is 38.8. The van der Waals surface area contributed by atoms with Crippen LogP contribution in [0.5, 0.6) is 5.75 Å². The van der Waals surface area contributed by atoms with Crippen molar-refractivity contribution in [2.75, 3.05) is 56.2 Å². The highest BCUT2D eigenvalue weighted by Crippen LogP contribution is 2.32. The molecular weight excluding hydrogens is 454 g/mol. The highest BCUT2D eigenvalue weighted by Gasteiger charge is 2.28. The first-order valence-electron chi connectivity index (χ1n) is 11.9. The van der Waals surface area contributed by atoms with Crippen molar-refractivity contribution < 1.29 is 22.7 Å². The summed E-state index contributed by atoms with van der Waals surface area (Å²) in [4.78, 5) is 15.1. The molecule has 0 unspecified atom stereocenters. The number of nitrogens with zero attached hydrogens (tertiary/aromatic N) is 2. The second-order valence-corrected chi connectivity index (χ2v) is 10.6. The number of nitrogens with one attached hydrogen (secondary N) is 1. The monoisotopic (exact) mass is 487 g/mol. The number of carbonyl (C=O) groups excluding carboxylic acids is 1. The predicted molar refractivity (Wildman–Crippen MR) is 132 cm³/mol. The number of morpholine rings is 1. The number of hydrogen-bond acceptors (Lipinski definition) is 6. The number of hydrogen-bond donors (Lipinski definition) is 1. The van der Waals surface area contributed by atoms with Gasteiger partial charge in [-0.3, -0.25) is 4.79 Å². The lowest BCUT2D eigenvalue weighted by Gasteiger charge is -2.27. The summed E-state index contributed by atoms with van der Waals surface area (Å²) in [6.45, 7) is 5.68. The molecule has 2 aliphatic rings. The fourth-order valence-corrected chi connectivity index (χ4v) is 5.65. The first-order valence-corrected chi connectivity index (χ1v) is 13.3. The number of amides is 1. The third-order valence-corrected chi connectivity index (χ3v) is 8.03. The van der Waals surface area contributed by atoms with E-state index in [0.717, 1.165) is 37.4 Å². The first-order chi connectivity index (χ1) is 16.4. The van der Waals surface area contributed by atoms with Crippen LogP contribution in [0.15, 0.2) is 47.4 Å². The van der Waals surface area contributed by atoms with Gasteiger partial charge in [-0.2, -0.15) is 4.31 Å². The van der Waals surface area contributed by atoms with Gasteiger partial charge in [-0.25, -0.2) is 8.42 Å². The van der Waals surface area contributed by atoms with E-state index in [4.69, 9.17) is 9.47 Å². The second kappa shape index (κ2) is 11.2. The maximum absolute atomic E-state index is 13.2. The van der Waals surface area contributed by atoms with Crippen LogP contribution in [-0.2, 0) is 19.6 Å². The molecule has 0 bridgehead atoms.